The maximum absolute atomic E-state index is 12.1. The highest BCUT2D eigenvalue weighted by Gasteiger charge is 2.23. The van der Waals surface area contributed by atoms with Gasteiger partial charge in [0.15, 0.2) is 0 Å². The van der Waals surface area contributed by atoms with Crippen LogP contribution in [-0.4, -0.2) is 27.9 Å². The highest BCUT2D eigenvalue weighted by atomic mass is 16.5. The summed E-state index contributed by atoms with van der Waals surface area (Å²) in [7, 11) is 1.61. The number of ether oxygens (including phenoxy) is 1. The molecule has 5 nitrogen and oxygen atoms in total. The van der Waals surface area contributed by atoms with Crippen LogP contribution in [0.15, 0.2) is 23.0 Å². The van der Waals surface area contributed by atoms with Crippen LogP contribution in [-0.2, 0) is 0 Å². The SMILES string of the molecule is COc1ccc2c(c1)[nH]c(=O)n2C1CCC(O)CC1. The van der Waals surface area contributed by atoms with E-state index in [4.69, 9.17) is 4.74 Å². The molecule has 1 saturated carbocycles. The van der Waals surface area contributed by atoms with Crippen molar-refractivity contribution in [2.75, 3.05) is 7.11 Å². The first kappa shape index (κ1) is 12.3. The molecule has 0 atom stereocenters. The van der Waals surface area contributed by atoms with Crippen LogP contribution in [0, 0.1) is 0 Å². The van der Waals surface area contributed by atoms with Crippen molar-refractivity contribution >= 4 is 11.0 Å². The van der Waals surface area contributed by atoms with Crippen molar-refractivity contribution in [2.45, 2.75) is 37.8 Å². The number of hydrogen-bond acceptors (Lipinski definition) is 3. The molecule has 1 aromatic carbocycles. The molecule has 0 unspecified atom stereocenters. The zero-order valence-corrected chi connectivity index (χ0v) is 10.9. The Hall–Kier alpha value is -1.75. The average molecular weight is 262 g/mol. The van der Waals surface area contributed by atoms with E-state index in [9.17, 15) is 9.90 Å². The summed E-state index contributed by atoms with van der Waals surface area (Å²) in [5, 5.41) is 9.56. The third kappa shape index (κ3) is 2.14. The monoisotopic (exact) mass is 262 g/mol. The van der Waals surface area contributed by atoms with E-state index >= 15 is 0 Å². The third-order valence-corrected chi connectivity index (χ3v) is 3.96. The Morgan fingerprint density at radius 3 is 2.74 bits per heavy atom. The molecule has 1 aliphatic rings. The molecule has 0 aliphatic heterocycles. The van der Waals surface area contributed by atoms with E-state index in [2.05, 4.69) is 4.98 Å². The lowest BCUT2D eigenvalue weighted by Gasteiger charge is -2.26. The predicted octanol–water partition coefficient (Wildman–Crippen LogP) is 1.81. The van der Waals surface area contributed by atoms with Gasteiger partial charge in [-0.3, -0.25) is 4.57 Å². The Bertz CT molecular complexity index is 636. The molecule has 2 N–H and O–H groups in total. The largest absolute Gasteiger partial charge is 0.497 e. The van der Waals surface area contributed by atoms with Gasteiger partial charge < -0.3 is 14.8 Å². The lowest BCUT2D eigenvalue weighted by Crippen LogP contribution is -2.27. The molecule has 0 amide bonds. The number of benzene rings is 1. The van der Waals surface area contributed by atoms with E-state index in [0.29, 0.717) is 0 Å². The topological polar surface area (TPSA) is 67.2 Å². The van der Waals surface area contributed by atoms with E-state index < -0.39 is 0 Å². The first-order chi connectivity index (χ1) is 9.19. The van der Waals surface area contributed by atoms with Crippen molar-refractivity contribution in [1.29, 1.82) is 0 Å². The Morgan fingerprint density at radius 1 is 1.32 bits per heavy atom. The number of aromatic amines is 1. The summed E-state index contributed by atoms with van der Waals surface area (Å²) >= 11 is 0. The Morgan fingerprint density at radius 2 is 2.05 bits per heavy atom. The maximum atomic E-state index is 12.1. The summed E-state index contributed by atoms with van der Waals surface area (Å²) in [6, 6.07) is 5.80. The summed E-state index contributed by atoms with van der Waals surface area (Å²) in [6.45, 7) is 0. The fourth-order valence-corrected chi connectivity index (χ4v) is 2.92. The number of nitrogens with zero attached hydrogens (tertiary/aromatic N) is 1. The lowest BCUT2D eigenvalue weighted by molar-refractivity contribution is 0.111. The van der Waals surface area contributed by atoms with Crippen molar-refractivity contribution in [2.24, 2.45) is 0 Å². The first-order valence-electron chi connectivity index (χ1n) is 6.65. The van der Waals surface area contributed by atoms with E-state index in [1.165, 1.54) is 0 Å². The van der Waals surface area contributed by atoms with Gasteiger partial charge in [0.1, 0.15) is 5.75 Å². The van der Waals surface area contributed by atoms with E-state index in [-0.39, 0.29) is 17.8 Å². The van der Waals surface area contributed by atoms with Crippen molar-refractivity contribution in [3.8, 4) is 5.75 Å². The molecule has 0 bridgehead atoms. The maximum Gasteiger partial charge on any atom is 0.326 e. The zero-order valence-electron chi connectivity index (χ0n) is 10.9. The minimum absolute atomic E-state index is 0.0790. The van der Waals surface area contributed by atoms with Gasteiger partial charge in [0.25, 0.3) is 0 Å². The minimum atomic E-state index is -0.211. The molecule has 1 aromatic heterocycles. The van der Waals surface area contributed by atoms with Crippen LogP contribution >= 0.6 is 0 Å². The number of rotatable bonds is 2. The summed E-state index contributed by atoms with van der Waals surface area (Å²) in [6.07, 6.45) is 3.01. The molecule has 0 saturated heterocycles. The highest BCUT2D eigenvalue weighted by molar-refractivity contribution is 5.77. The average Bonchev–Trinajstić information content (AvgIpc) is 2.74. The number of imidazole rings is 1. The second-order valence-corrected chi connectivity index (χ2v) is 5.15. The predicted molar refractivity (Wildman–Crippen MR) is 72.6 cm³/mol. The van der Waals surface area contributed by atoms with Crippen LogP contribution in [0.5, 0.6) is 5.75 Å². The first-order valence-corrected chi connectivity index (χ1v) is 6.65. The number of aromatic nitrogens is 2. The minimum Gasteiger partial charge on any atom is -0.497 e. The normalized spacial score (nSPS) is 23.7. The lowest BCUT2D eigenvalue weighted by atomic mass is 9.93. The number of methoxy groups -OCH3 is 1. The van der Waals surface area contributed by atoms with Gasteiger partial charge in [-0.15, -0.1) is 0 Å². The zero-order chi connectivity index (χ0) is 13.4. The van der Waals surface area contributed by atoms with E-state index in [0.717, 1.165) is 42.5 Å². The second-order valence-electron chi connectivity index (χ2n) is 5.15. The van der Waals surface area contributed by atoms with Gasteiger partial charge >= 0.3 is 5.69 Å². The molecule has 1 aliphatic carbocycles. The van der Waals surface area contributed by atoms with Gasteiger partial charge in [0.2, 0.25) is 0 Å². The molecule has 0 radical (unpaired) electrons. The van der Waals surface area contributed by atoms with Gasteiger partial charge in [-0.05, 0) is 37.8 Å². The molecule has 19 heavy (non-hydrogen) atoms. The Kier molecular flexibility index (Phi) is 3.06. The third-order valence-electron chi connectivity index (χ3n) is 3.96. The van der Waals surface area contributed by atoms with E-state index in [1.54, 1.807) is 7.11 Å². The van der Waals surface area contributed by atoms with Crippen LogP contribution in [0.1, 0.15) is 31.7 Å². The van der Waals surface area contributed by atoms with Gasteiger partial charge in [-0.2, -0.15) is 0 Å². The smallest absolute Gasteiger partial charge is 0.326 e. The van der Waals surface area contributed by atoms with Crippen molar-refractivity contribution in [3.05, 3.63) is 28.7 Å². The van der Waals surface area contributed by atoms with Gasteiger partial charge in [0, 0.05) is 12.1 Å². The number of H-pyrrole nitrogens is 1. The van der Waals surface area contributed by atoms with Crippen LogP contribution in [0.2, 0.25) is 0 Å². The standard InChI is InChI=1S/C14H18N2O3/c1-19-11-6-7-13-12(8-11)15-14(18)16(13)9-2-4-10(17)5-3-9/h6-10,17H,2-5H2,1H3,(H,15,18). The quantitative estimate of drug-likeness (QED) is 0.867. The number of nitrogens with one attached hydrogen (secondary N) is 1. The summed E-state index contributed by atoms with van der Waals surface area (Å²) < 4.78 is 6.99. The van der Waals surface area contributed by atoms with Crippen molar-refractivity contribution < 1.29 is 9.84 Å². The summed E-state index contributed by atoms with van der Waals surface area (Å²) in [4.78, 5) is 15.0. The van der Waals surface area contributed by atoms with Crippen LogP contribution < -0.4 is 10.4 Å². The molecule has 2 aromatic rings. The van der Waals surface area contributed by atoms with Crippen molar-refractivity contribution in [1.82, 2.24) is 9.55 Å². The van der Waals surface area contributed by atoms with Gasteiger partial charge in [-0.25, -0.2) is 4.79 Å². The summed E-state index contributed by atoms with van der Waals surface area (Å²) in [5.41, 5.74) is 1.63. The number of aliphatic hydroxyl groups excluding tert-OH is 1. The van der Waals surface area contributed by atoms with Gasteiger partial charge in [0.05, 0.1) is 24.2 Å². The van der Waals surface area contributed by atoms with E-state index in [1.807, 2.05) is 22.8 Å². The molecule has 102 valence electrons. The Balaban J connectivity index is 2.03. The van der Waals surface area contributed by atoms with Crippen LogP contribution in [0.25, 0.3) is 11.0 Å². The number of aliphatic hydroxyl groups is 1. The molecule has 1 heterocycles. The highest BCUT2D eigenvalue weighted by Crippen LogP contribution is 2.30. The van der Waals surface area contributed by atoms with Gasteiger partial charge in [-0.1, -0.05) is 0 Å². The molecular weight excluding hydrogens is 244 g/mol. The fraction of sp³-hybridized carbons (Fsp3) is 0.500. The number of fused-ring (bicyclic) bond motifs is 1. The summed E-state index contributed by atoms with van der Waals surface area (Å²) in [5.74, 6) is 0.736. The molecule has 0 spiro atoms. The second kappa shape index (κ2) is 4.74. The van der Waals surface area contributed by atoms with Crippen LogP contribution in [0.4, 0.5) is 0 Å². The van der Waals surface area contributed by atoms with Crippen molar-refractivity contribution in [3.63, 3.8) is 0 Å². The molecule has 3 rings (SSSR count). The molecule has 1 fully saturated rings. The van der Waals surface area contributed by atoms with Crippen LogP contribution in [0.3, 0.4) is 0 Å². The molecule has 5 heteroatoms. The number of hydrogen-bond donors (Lipinski definition) is 2. The Labute approximate surface area is 110 Å². The molecular formula is C14H18N2O3. The fourth-order valence-electron chi connectivity index (χ4n) is 2.92.